The summed E-state index contributed by atoms with van der Waals surface area (Å²) in [6, 6.07) is 0.450. The predicted molar refractivity (Wildman–Crippen MR) is 81.0 cm³/mol. The summed E-state index contributed by atoms with van der Waals surface area (Å²) in [5, 5.41) is 11.6. The highest BCUT2D eigenvalue weighted by Gasteiger charge is 2.42. The van der Waals surface area contributed by atoms with Gasteiger partial charge in [-0.1, -0.05) is 6.42 Å². The number of urea groups is 1. The number of amides is 4. The van der Waals surface area contributed by atoms with Gasteiger partial charge in [-0.05, 0) is 12.8 Å². The van der Waals surface area contributed by atoms with E-state index in [4.69, 9.17) is 0 Å². The summed E-state index contributed by atoms with van der Waals surface area (Å²) in [4.78, 5) is 32.8. The lowest BCUT2D eigenvalue weighted by molar-refractivity contribution is -0.121. The normalized spacial score (nSPS) is 26.7. The van der Waals surface area contributed by atoms with Crippen LogP contribution in [0.15, 0.2) is 0 Å². The van der Waals surface area contributed by atoms with E-state index in [1.165, 1.54) is 0 Å². The molecule has 0 aliphatic carbocycles. The molecule has 0 spiro atoms. The summed E-state index contributed by atoms with van der Waals surface area (Å²) in [5.41, 5.74) is 0. The first-order valence-electron chi connectivity index (χ1n) is 7.33. The molecule has 8 heteroatoms. The predicted octanol–water partition coefficient (Wildman–Crippen LogP) is -0.426. The molecule has 0 aromatic heterocycles. The van der Waals surface area contributed by atoms with Crippen LogP contribution < -0.4 is 21.3 Å². The van der Waals surface area contributed by atoms with E-state index in [0.717, 1.165) is 25.0 Å². The van der Waals surface area contributed by atoms with Crippen molar-refractivity contribution in [2.75, 3.05) is 18.8 Å². The number of rotatable bonds is 9. The molecule has 4 N–H and O–H groups in total. The van der Waals surface area contributed by atoms with Gasteiger partial charge in [-0.3, -0.25) is 9.59 Å². The summed E-state index contributed by atoms with van der Waals surface area (Å²) in [6.07, 6.45) is 3.99. The molecule has 7 nitrogen and oxygen atoms in total. The highest BCUT2D eigenvalue weighted by atomic mass is 32.2. The Kier molecular flexibility index (Phi) is 6.16. The van der Waals surface area contributed by atoms with Gasteiger partial charge in [0.15, 0.2) is 0 Å². The zero-order valence-electron chi connectivity index (χ0n) is 11.9. The van der Waals surface area contributed by atoms with Gasteiger partial charge in [0, 0.05) is 30.5 Å². The molecular formula is C13H22N4O3S. The zero-order chi connectivity index (χ0) is 15.1. The Morgan fingerprint density at radius 2 is 2.19 bits per heavy atom. The van der Waals surface area contributed by atoms with Gasteiger partial charge in [-0.25, -0.2) is 4.79 Å². The van der Waals surface area contributed by atoms with Gasteiger partial charge in [0.05, 0.1) is 12.1 Å². The summed E-state index contributed by atoms with van der Waals surface area (Å²) < 4.78 is 0. The van der Waals surface area contributed by atoms with Crippen LogP contribution in [0.1, 0.15) is 25.7 Å². The molecule has 0 radical (unpaired) electrons. The summed E-state index contributed by atoms with van der Waals surface area (Å²) in [5.74, 6) is 0.994. The number of hydrogen-bond acceptors (Lipinski definition) is 4. The van der Waals surface area contributed by atoms with E-state index in [1.54, 1.807) is 0 Å². The first-order chi connectivity index (χ1) is 10.2. The Hall–Kier alpha value is -1.44. The van der Waals surface area contributed by atoms with Crippen LogP contribution in [0.5, 0.6) is 0 Å². The minimum atomic E-state index is -0.0568. The molecular weight excluding hydrogens is 292 g/mol. The lowest BCUT2D eigenvalue weighted by Gasteiger charge is -2.16. The van der Waals surface area contributed by atoms with Gasteiger partial charge in [-0.15, -0.1) is 0 Å². The van der Waals surface area contributed by atoms with Crippen molar-refractivity contribution in [1.29, 1.82) is 0 Å². The van der Waals surface area contributed by atoms with E-state index in [1.807, 2.05) is 11.8 Å². The monoisotopic (exact) mass is 314 g/mol. The fraction of sp³-hybridized carbons (Fsp3) is 0.769. The third kappa shape index (κ3) is 4.80. The van der Waals surface area contributed by atoms with Gasteiger partial charge in [0.1, 0.15) is 0 Å². The highest BCUT2D eigenvalue weighted by molar-refractivity contribution is 8.00. The molecule has 0 aromatic carbocycles. The Morgan fingerprint density at radius 3 is 3.00 bits per heavy atom. The largest absolute Gasteiger partial charge is 0.357 e. The summed E-state index contributed by atoms with van der Waals surface area (Å²) >= 11 is 1.90. The van der Waals surface area contributed by atoms with Crippen molar-refractivity contribution in [3.05, 3.63) is 0 Å². The maximum absolute atomic E-state index is 11.5. The van der Waals surface area contributed by atoms with E-state index in [0.29, 0.717) is 31.2 Å². The average Bonchev–Trinajstić information content (AvgIpc) is 2.99. The first kappa shape index (κ1) is 15.9. The number of fused-ring (bicyclic) bond motifs is 1. The van der Waals surface area contributed by atoms with Crippen molar-refractivity contribution in [1.82, 2.24) is 21.3 Å². The molecule has 2 rings (SSSR count). The molecule has 0 aromatic rings. The van der Waals surface area contributed by atoms with Crippen molar-refractivity contribution >= 4 is 30.1 Å². The van der Waals surface area contributed by atoms with Crippen LogP contribution in [0.4, 0.5) is 4.79 Å². The van der Waals surface area contributed by atoms with Crippen molar-refractivity contribution in [2.24, 2.45) is 0 Å². The minimum absolute atomic E-state index is 0.0236. The molecule has 2 aliphatic rings. The second-order valence-electron chi connectivity index (χ2n) is 5.29. The molecule has 2 aliphatic heterocycles. The van der Waals surface area contributed by atoms with Gasteiger partial charge >= 0.3 is 6.03 Å². The average molecular weight is 314 g/mol. The molecule has 2 fully saturated rings. The molecule has 3 unspecified atom stereocenters. The number of hydrogen-bond donors (Lipinski definition) is 4. The van der Waals surface area contributed by atoms with Gasteiger partial charge in [0.25, 0.3) is 0 Å². The molecule has 0 saturated carbocycles. The lowest BCUT2D eigenvalue weighted by atomic mass is 10.0. The van der Waals surface area contributed by atoms with Crippen LogP contribution in [-0.2, 0) is 9.59 Å². The van der Waals surface area contributed by atoms with E-state index in [9.17, 15) is 14.4 Å². The van der Waals surface area contributed by atoms with Crippen LogP contribution in [-0.4, -0.2) is 54.5 Å². The smallest absolute Gasteiger partial charge is 0.315 e. The number of unbranched alkanes of at least 4 members (excludes halogenated alkanes) is 1. The Balaban J connectivity index is 1.53. The second kappa shape index (κ2) is 8.11. The van der Waals surface area contributed by atoms with E-state index in [-0.39, 0.29) is 24.0 Å². The molecule has 118 valence electrons. The fourth-order valence-electron chi connectivity index (χ4n) is 2.70. The molecule has 0 bridgehead atoms. The number of carbonyl (C=O) groups excluding carboxylic acids is 3. The van der Waals surface area contributed by atoms with Gasteiger partial charge < -0.3 is 21.3 Å². The quantitative estimate of drug-likeness (QED) is 0.264. The van der Waals surface area contributed by atoms with Crippen molar-refractivity contribution in [2.45, 2.75) is 43.0 Å². The van der Waals surface area contributed by atoms with E-state index < -0.39 is 0 Å². The molecule has 21 heavy (non-hydrogen) atoms. The van der Waals surface area contributed by atoms with Gasteiger partial charge in [-0.2, -0.15) is 11.8 Å². The fourth-order valence-corrected chi connectivity index (χ4v) is 4.24. The maximum atomic E-state index is 11.5. The van der Waals surface area contributed by atoms with Gasteiger partial charge in [0.2, 0.25) is 12.3 Å². The summed E-state index contributed by atoms with van der Waals surface area (Å²) in [6.45, 7) is 0.932. The van der Waals surface area contributed by atoms with E-state index >= 15 is 0 Å². The Labute approximate surface area is 128 Å². The number of thioether (sulfide) groups is 1. The van der Waals surface area contributed by atoms with Crippen molar-refractivity contribution in [3.63, 3.8) is 0 Å². The maximum Gasteiger partial charge on any atom is 0.315 e. The third-order valence-corrected chi connectivity index (χ3v) is 5.26. The Bertz CT molecular complexity index is 394. The second-order valence-corrected chi connectivity index (χ2v) is 6.56. The lowest BCUT2D eigenvalue weighted by Crippen LogP contribution is -2.36. The topological polar surface area (TPSA) is 99.3 Å². The first-order valence-corrected chi connectivity index (χ1v) is 8.38. The van der Waals surface area contributed by atoms with Crippen molar-refractivity contribution < 1.29 is 14.4 Å². The molecule has 4 amide bonds. The number of carbonyl (C=O) groups is 3. The van der Waals surface area contributed by atoms with Crippen LogP contribution >= 0.6 is 11.8 Å². The minimum Gasteiger partial charge on any atom is -0.357 e. The SMILES string of the molecule is O=CNCCNC(=O)CCCCC1SCC2NC(=O)NC21. The molecule has 2 saturated heterocycles. The zero-order valence-corrected chi connectivity index (χ0v) is 12.7. The standard InChI is InChI=1S/C13H22N4O3S/c18-8-14-5-6-15-11(19)4-2-1-3-10-12-9(7-21-10)16-13(20)17-12/h8-10,12H,1-7H2,(H,14,18)(H,15,19)(H2,16,17,20). The van der Waals surface area contributed by atoms with Crippen LogP contribution in [0.3, 0.4) is 0 Å². The molecule has 3 atom stereocenters. The van der Waals surface area contributed by atoms with Crippen LogP contribution in [0.2, 0.25) is 0 Å². The number of nitrogens with one attached hydrogen (secondary N) is 4. The Morgan fingerprint density at radius 1 is 1.33 bits per heavy atom. The van der Waals surface area contributed by atoms with Crippen LogP contribution in [0, 0.1) is 0 Å². The van der Waals surface area contributed by atoms with Crippen LogP contribution in [0.25, 0.3) is 0 Å². The highest BCUT2D eigenvalue weighted by Crippen LogP contribution is 2.33. The third-order valence-electron chi connectivity index (χ3n) is 3.76. The molecule has 2 heterocycles. The van der Waals surface area contributed by atoms with E-state index in [2.05, 4.69) is 21.3 Å². The summed E-state index contributed by atoms with van der Waals surface area (Å²) in [7, 11) is 0. The van der Waals surface area contributed by atoms with Crippen molar-refractivity contribution in [3.8, 4) is 0 Å².